The van der Waals surface area contributed by atoms with Crippen molar-refractivity contribution in [3.8, 4) is 0 Å². The summed E-state index contributed by atoms with van der Waals surface area (Å²) in [6.07, 6.45) is -0.566. The van der Waals surface area contributed by atoms with Gasteiger partial charge in [0, 0.05) is 22.2 Å². The van der Waals surface area contributed by atoms with E-state index in [-0.39, 0.29) is 12.2 Å². The first-order chi connectivity index (χ1) is 9.11. The van der Waals surface area contributed by atoms with Crippen LogP contribution in [0.2, 0.25) is 10.0 Å². The first-order valence-corrected chi connectivity index (χ1v) is 6.85. The molecule has 0 saturated carbocycles. The van der Waals surface area contributed by atoms with Crippen LogP contribution < -0.4 is 0 Å². The van der Waals surface area contributed by atoms with Gasteiger partial charge >= 0.3 is 6.09 Å². The smallest absolute Gasteiger partial charge is 0.409 e. The Balaban J connectivity index is 2.10. The van der Waals surface area contributed by atoms with Crippen molar-refractivity contribution in [2.75, 3.05) is 26.3 Å². The van der Waals surface area contributed by atoms with E-state index in [0.29, 0.717) is 36.3 Å². The van der Waals surface area contributed by atoms with Crippen LogP contribution in [0.4, 0.5) is 4.79 Å². The van der Waals surface area contributed by atoms with Gasteiger partial charge in [-0.15, -0.1) is 0 Å². The third-order valence-corrected chi connectivity index (χ3v) is 3.46. The van der Waals surface area contributed by atoms with Gasteiger partial charge in [-0.2, -0.15) is 0 Å². The fourth-order valence-electron chi connectivity index (χ4n) is 1.98. The quantitative estimate of drug-likeness (QED) is 0.839. The lowest BCUT2D eigenvalue weighted by atomic mass is 10.1. The predicted molar refractivity (Wildman–Crippen MR) is 73.8 cm³/mol. The molecular weight excluding hydrogens is 289 g/mol. The Labute approximate surface area is 122 Å². The van der Waals surface area contributed by atoms with Gasteiger partial charge < -0.3 is 14.4 Å². The van der Waals surface area contributed by atoms with Gasteiger partial charge in [0.1, 0.15) is 6.10 Å². The summed E-state index contributed by atoms with van der Waals surface area (Å²) in [6, 6.07) is 5.25. The Morgan fingerprint density at radius 3 is 3.00 bits per heavy atom. The highest BCUT2D eigenvalue weighted by Gasteiger charge is 2.27. The van der Waals surface area contributed by atoms with E-state index in [4.69, 9.17) is 32.7 Å². The van der Waals surface area contributed by atoms with Crippen molar-refractivity contribution >= 4 is 29.3 Å². The molecule has 0 bridgehead atoms. The second-order valence-corrected chi connectivity index (χ2v) is 5.01. The molecule has 0 N–H and O–H groups in total. The van der Waals surface area contributed by atoms with Crippen molar-refractivity contribution in [2.24, 2.45) is 0 Å². The highest BCUT2D eigenvalue weighted by molar-refractivity contribution is 6.35. The molecule has 6 heteroatoms. The lowest BCUT2D eigenvalue weighted by Gasteiger charge is -2.32. The Hall–Kier alpha value is -0.970. The fourth-order valence-corrected chi connectivity index (χ4v) is 2.51. The van der Waals surface area contributed by atoms with Gasteiger partial charge in [0.25, 0.3) is 0 Å². The van der Waals surface area contributed by atoms with Crippen molar-refractivity contribution in [2.45, 2.75) is 13.0 Å². The number of ether oxygens (including phenoxy) is 2. The average Bonchev–Trinajstić information content (AvgIpc) is 2.39. The summed E-state index contributed by atoms with van der Waals surface area (Å²) in [5, 5.41) is 1.12. The van der Waals surface area contributed by atoms with Crippen LogP contribution in [0.5, 0.6) is 0 Å². The van der Waals surface area contributed by atoms with Crippen LogP contribution in [-0.2, 0) is 9.47 Å². The molecule has 2 rings (SSSR count). The van der Waals surface area contributed by atoms with E-state index in [0.717, 1.165) is 5.56 Å². The lowest BCUT2D eigenvalue weighted by molar-refractivity contribution is -0.0279. The zero-order valence-electron chi connectivity index (χ0n) is 10.6. The minimum absolute atomic E-state index is 0.247. The summed E-state index contributed by atoms with van der Waals surface area (Å²) < 4.78 is 10.7. The Kier molecular flexibility index (Phi) is 4.91. The topological polar surface area (TPSA) is 38.8 Å². The van der Waals surface area contributed by atoms with Crippen LogP contribution in [-0.4, -0.2) is 37.3 Å². The Morgan fingerprint density at radius 2 is 2.32 bits per heavy atom. The molecule has 1 fully saturated rings. The van der Waals surface area contributed by atoms with E-state index < -0.39 is 0 Å². The van der Waals surface area contributed by atoms with Crippen LogP contribution in [0, 0.1) is 0 Å². The molecule has 1 amide bonds. The van der Waals surface area contributed by atoms with E-state index in [1.807, 2.05) is 6.07 Å². The molecule has 0 aromatic heterocycles. The third kappa shape index (κ3) is 3.53. The predicted octanol–water partition coefficient (Wildman–Crippen LogP) is 3.52. The monoisotopic (exact) mass is 303 g/mol. The van der Waals surface area contributed by atoms with Gasteiger partial charge in [0.05, 0.1) is 19.8 Å². The lowest BCUT2D eigenvalue weighted by Crippen LogP contribution is -2.42. The standard InChI is InChI=1S/C13H15Cl2NO3/c1-2-18-13(17)16-5-6-19-12(8-16)10-4-3-9(14)7-11(10)15/h3-4,7,12H,2,5-6,8H2,1H3. The fraction of sp³-hybridized carbons (Fsp3) is 0.462. The van der Waals surface area contributed by atoms with Gasteiger partial charge in [-0.1, -0.05) is 29.3 Å². The van der Waals surface area contributed by atoms with Crippen LogP contribution in [0.3, 0.4) is 0 Å². The highest BCUT2D eigenvalue weighted by atomic mass is 35.5. The van der Waals surface area contributed by atoms with Crippen LogP contribution in [0.25, 0.3) is 0 Å². The summed E-state index contributed by atoms with van der Waals surface area (Å²) in [7, 11) is 0. The summed E-state index contributed by atoms with van der Waals surface area (Å²) >= 11 is 12.0. The van der Waals surface area contributed by atoms with Gasteiger partial charge in [0.2, 0.25) is 0 Å². The number of hydrogen-bond donors (Lipinski definition) is 0. The van der Waals surface area contributed by atoms with Crippen molar-refractivity contribution in [1.29, 1.82) is 0 Å². The molecule has 1 unspecified atom stereocenters. The van der Waals surface area contributed by atoms with Crippen LogP contribution in [0.1, 0.15) is 18.6 Å². The van der Waals surface area contributed by atoms with E-state index in [1.54, 1.807) is 24.0 Å². The van der Waals surface area contributed by atoms with E-state index >= 15 is 0 Å². The average molecular weight is 304 g/mol. The summed E-state index contributed by atoms with van der Waals surface area (Å²) in [6.45, 7) is 3.57. The number of rotatable bonds is 2. The third-order valence-electron chi connectivity index (χ3n) is 2.90. The van der Waals surface area contributed by atoms with E-state index in [1.165, 1.54) is 0 Å². The van der Waals surface area contributed by atoms with Gasteiger partial charge in [-0.25, -0.2) is 4.79 Å². The van der Waals surface area contributed by atoms with E-state index in [9.17, 15) is 4.79 Å². The Morgan fingerprint density at radius 1 is 1.53 bits per heavy atom. The zero-order chi connectivity index (χ0) is 13.8. The molecule has 0 aliphatic carbocycles. The van der Waals surface area contributed by atoms with Crippen LogP contribution in [0.15, 0.2) is 18.2 Å². The molecule has 0 spiro atoms. The first kappa shape index (κ1) is 14.4. The number of nitrogens with zero attached hydrogens (tertiary/aromatic N) is 1. The molecule has 1 aromatic rings. The largest absolute Gasteiger partial charge is 0.450 e. The number of benzene rings is 1. The van der Waals surface area contributed by atoms with Crippen molar-refractivity contribution in [3.05, 3.63) is 33.8 Å². The maximum Gasteiger partial charge on any atom is 0.409 e. The molecule has 1 heterocycles. The molecule has 19 heavy (non-hydrogen) atoms. The maximum atomic E-state index is 11.7. The van der Waals surface area contributed by atoms with Gasteiger partial charge in [0.15, 0.2) is 0 Å². The molecule has 1 aromatic carbocycles. The molecular formula is C13H15Cl2NO3. The SMILES string of the molecule is CCOC(=O)N1CCOC(c2ccc(Cl)cc2Cl)C1. The summed E-state index contributed by atoms with van der Waals surface area (Å²) in [5.41, 5.74) is 0.833. The second-order valence-electron chi connectivity index (χ2n) is 4.17. The molecule has 1 aliphatic heterocycles. The summed E-state index contributed by atoms with van der Waals surface area (Å²) in [5.74, 6) is 0. The van der Waals surface area contributed by atoms with Gasteiger partial charge in [-0.05, 0) is 19.1 Å². The molecule has 4 nitrogen and oxygen atoms in total. The normalized spacial score (nSPS) is 19.3. The zero-order valence-corrected chi connectivity index (χ0v) is 12.1. The number of morpholine rings is 1. The van der Waals surface area contributed by atoms with Crippen LogP contribution >= 0.6 is 23.2 Å². The molecule has 1 aliphatic rings. The van der Waals surface area contributed by atoms with Crippen molar-refractivity contribution in [1.82, 2.24) is 4.90 Å². The van der Waals surface area contributed by atoms with Gasteiger partial charge in [-0.3, -0.25) is 0 Å². The minimum atomic E-state index is -0.319. The van der Waals surface area contributed by atoms with Crippen molar-refractivity contribution < 1.29 is 14.3 Å². The van der Waals surface area contributed by atoms with E-state index in [2.05, 4.69) is 0 Å². The Bertz CT molecular complexity index is 467. The highest BCUT2D eigenvalue weighted by Crippen LogP contribution is 2.30. The van der Waals surface area contributed by atoms with Crippen molar-refractivity contribution in [3.63, 3.8) is 0 Å². The molecule has 0 radical (unpaired) electrons. The second kappa shape index (κ2) is 6.46. The first-order valence-electron chi connectivity index (χ1n) is 6.10. The number of hydrogen-bond acceptors (Lipinski definition) is 3. The number of carbonyl (C=O) groups excluding carboxylic acids is 1. The molecule has 104 valence electrons. The number of halogens is 2. The minimum Gasteiger partial charge on any atom is -0.450 e. The molecule has 1 atom stereocenters. The number of carbonyl (C=O) groups is 1. The number of amides is 1. The maximum absolute atomic E-state index is 11.7. The summed E-state index contributed by atoms with van der Waals surface area (Å²) in [4.78, 5) is 13.3. The molecule has 1 saturated heterocycles.